The lowest BCUT2D eigenvalue weighted by Crippen LogP contribution is -1.96. The lowest BCUT2D eigenvalue weighted by atomic mass is 9.85. The SMILES string of the molecule is C=C/C(=C\C)c1c(C)ccc(-c2ccccc2)c1-c1ccccc1.CC. The van der Waals surface area contributed by atoms with Gasteiger partial charge in [-0.15, -0.1) is 0 Å². The highest BCUT2D eigenvalue weighted by atomic mass is 14.2. The van der Waals surface area contributed by atoms with Crippen molar-refractivity contribution in [3.8, 4) is 22.3 Å². The Kier molecular flexibility index (Phi) is 7.17. The van der Waals surface area contributed by atoms with Gasteiger partial charge in [-0.1, -0.05) is 105 Å². The first kappa shape index (κ1) is 19.5. The molecular formula is C26H28. The Balaban J connectivity index is 0.00000117. The molecule has 0 saturated heterocycles. The predicted octanol–water partition coefficient (Wildman–Crippen LogP) is 7.94. The summed E-state index contributed by atoms with van der Waals surface area (Å²) in [4.78, 5) is 0. The molecule has 0 atom stereocenters. The normalized spacial score (nSPS) is 10.7. The van der Waals surface area contributed by atoms with Crippen LogP contribution in [0.3, 0.4) is 0 Å². The molecule has 0 heteroatoms. The van der Waals surface area contributed by atoms with E-state index in [0.717, 1.165) is 0 Å². The maximum Gasteiger partial charge on any atom is -0.00243 e. The molecule has 0 aliphatic heterocycles. The average Bonchev–Trinajstić information content (AvgIpc) is 2.72. The predicted molar refractivity (Wildman–Crippen MR) is 117 cm³/mol. The number of hydrogen-bond donors (Lipinski definition) is 0. The van der Waals surface area contributed by atoms with Gasteiger partial charge < -0.3 is 0 Å². The van der Waals surface area contributed by atoms with E-state index in [2.05, 4.69) is 99.3 Å². The van der Waals surface area contributed by atoms with Gasteiger partial charge in [-0.2, -0.15) is 0 Å². The first-order chi connectivity index (χ1) is 12.8. The van der Waals surface area contributed by atoms with Crippen LogP contribution in [0.2, 0.25) is 0 Å². The van der Waals surface area contributed by atoms with Crippen LogP contribution in [0.4, 0.5) is 0 Å². The van der Waals surface area contributed by atoms with Gasteiger partial charge in [0, 0.05) is 0 Å². The Morgan fingerprint density at radius 3 is 1.81 bits per heavy atom. The van der Waals surface area contributed by atoms with Crippen LogP contribution in [-0.2, 0) is 0 Å². The quantitative estimate of drug-likeness (QED) is 0.423. The highest BCUT2D eigenvalue weighted by Crippen LogP contribution is 2.39. The summed E-state index contributed by atoms with van der Waals surface area (Å²) in [6, 6.07) is 25.6. The van der Waals surface area contributed by atoms with Crippen LogP contribution in [0.15, 0.2) is 91.5 Å². The van der Waals surface area contributed by atoms with Gasteiger partial charge in [-0.05, 0) is 52.8 Å². The summed E-state index contributed by atoms with van der Waals surface area (Å²) in [6.45, 7) is 12.3. The van der Waals surface area contributed by atoms with Crippen LogP contribution in [0.25, 0.3) is 27.8 Å². The summed E-state index contributed by atoms with van der Waals surface area (Å²) in [7, 11) is 0. The standard InChI is InChI=1S/C24H22.C2H6/c1-4-19(5-2)23-18(3)16-17-22(20-12-8-6-9-13-20)24(23)21-14-10-7-11-15-21;1-2/h4-17H,1H2,2-3H3;1-2H3/b19-5+;. The highest BCUT2D eigenvalue weighted by molar-refractivity contribution is 5.95. The fourth-order valence-corrected chi connectivity index (χ4v) is 3.21. The lowest BCUT2D eigenvalue weighted by Gasteiger charge is -2.19. The van der Waals surface area contributed by atoms with E-state index < -0.39 is 0 Å². The number of aryl methyl sites for hydroxylation is 1. The molecule has 0 unspecified atom stereocenters. The molecule has 0 fully saturated rings. The van der Waals surface area contributed by atoms with Crippen molar-refractivity contribution in [1.29, 1.82) is 0 Å². The second-order valence-corrected chi connectivity index (χ2v) is 5.86. The van der Waals surface area contributed by atoms with Crippen molar-refractivity contribution in [2.24, 2.45) is 0 Å². The van der Waals surface area contributed by atoms with Crippen molar-refractivity contribution in [1.82, 2.24) is 0 Å². The van der Waals surface area contributed by atoms with Gasteiger partial charge in [0.15, 0.2) is 0 Å². The molecule has 0 aliphatic carbocycles. The summed E-state index contributed by atoms with van der Waals surface area (Å²) in [5.41, 5.74) is 8.69. The van der Waals surface area contributed by atoms with Crippen molar-refractivity contribution in [3.05, 3.63) is 103 Å². The molecule has 0 spiro atoms. The van der Waals surface area contributed by atoms with Crippen molar-refractivity contribution < 1.29 is 0 Å². The molecule has 3 aromatic rings. The molecule has 0 nitrogen and oxygen atoms in total. The zero-order chi connectivity index (χ0) is 18.9. The van der Waals surface area contributed by atoms with Crippen molar-refractivity contribution in [3.63, 3.8) is 0 Å². The summed E-state index contributed by atoms with van der Waals surface area (Å²) >= 11 is 0. The van der Waals surface area contributed by atoms with Crippen LogP contribution in [0.5, 0.6) is 0 Å². The van der Waals surface area contributed by atoms with E-state index in [-0.39, 0.29) is 0 Å². The fourth-order valence-electron chi connectivity index (χ4n) is 3.21. The molecule has 0 radical (unpaired) electrons. The minimum Gasteiger partial charge on any atom is -0.0985 e. The number of hydrogen-bond acceptors (Lipinski definition) is 0. The fraction of sp³-hybridized carbons (Fsp3) is 0.154. The van der Waals surface area contributed by atoms with Crippen LogP contribution >= 0.6 is 0 Å². The maximum absolute atomic E-state index is 4.02. The summed E-state index contributed by atoms with van der Waals surface area (Å²) in [6.07, 6.45) is 4.08. The molecule has 0 aromatic heterocycles. The molecule has 0 bridgehead atoms. The zero-order valence-electron chi connectivity index (χ0n) is 16.3. The van der Waals surface area contributed by atoms with Crippen molar-refractivity contribution >= 4 is 5.57 Å². The molecular weight excluding hydrogens is 312 g/mol. The van der Waals surface area contributed by atoms with E-state index in [0.29, 0.717) is 0 Å². The highest BCUT2D eigenvalue weighted by Gasteiger charge is 2.16. The Hall–Kier alpha value is -2.86. The smallest absolute Gasteiger partial charge is 0.00243 e. The molecule has 0 heterocycles. The van der Waals surface area contributed by atoms with Crippen molar-refractivity contribution in [2.45, 2.75) is 27.7 Å². The van der Waals surface area contributed by atoms with Gasteiger partial charge >= 0.3 is 0 Å². The minimum absolute atomic E-state index is 1.17. The molecule has 3 aromatic carbocycles. The second kappa shape index (κ2) is 9.58. The van der Waals surface area contributed by atoms with Crippen LogP contribution < -0.4 is 0 Å². The van der Waals surface area contributed by atoms with Gasteiger partial charge in [-0.3, -0.25) is 0 Å². The van der Waals surface area contributed by atoms with E-state index in [1.54, 1.807) is 0 Å². The molecule has 26 heavy (non-hydrogen) atoms. The second-order valence-electron chi connectivity index (χ2n) is 5.86. The van der Waals surface area contributed by atoms with Gasteiger partial charge in [0.1, 0.15) is 0 Å². The van der Waals surface area contributed by atoms with E-state index in [9.17, 15) is 0 Å². The van der Waals surface area contributed by atoms with Gasteiger partial charge in [0.05, 0.1) is 0 Å². The first-order valence-electron chi connectivity index (χ1n) is 9.29. The molecule has 0 saturated carbocycles. The summed E-state index contributed by atoms with van der Waals surface area (Å²) in [5.74, 6) is 0. The van der Waals surface area contributed by atoms with E-state index >= 15 is 0 Å². The summed E-state index contributed by atoms with van der Waals surface area (Å²) in [5, 5.41) is 0. The third-order valence-corrected chi connectivity index (χ3v) is 4.38. The Labute approximate surface area is 158 Å². The van der Waals surface area contributed by atoms with Crippen LogP contribution in [0, 0.1) is 6.92 Å². The van der Waals surface area contributed by atoms with Crippen LogP contribution in [0.1, 0.15) is 31.9 Å². The Morgan fingerprint density at radius 2 is 1.31 bits per heavy atom. The van der Waals surface area contributed by atoms with E-state index in [1.807, 2.05) is 19.9 Å². The van der Waals surface area contributed by atoms with Gasteiger partial charge in [-0.25, -0.2) is 0 Å². The number of allylic oxidation sites excluding steroid dienone is 3. The number of rotatable bonds is 4. The Morgan fingerprint density at radius 1 is 0.769 bits per heavy atom. The van der Waals surface area contributed by atoms with Crippen molar-refractivity contribution in [2.75, 3.05) is 0 Å². The molecule has 132 valence electrons. The van der Waals surface area contributed by atoms with E-state index in [1.165, 1.54) is 39.0 Å². The monoisotopic (exact) mass is 340 g/mol. The van der Waals surface area contributed by atoms with Gasteiger partial charge in [0.25, 0.3) is 0 Å². The van der Waals surface area contributed by atoms with Gasteiger partial charge in [0.2, 0.25) is 0 Å². The topological polar surface area (TPSA) is 0 Å². The van der Waals surface area contributed by atoms with E-state index in [4.69, 9.17) is 0 Å². The summed E-state index contributed by atoms with van der Waals surface area (Å²) < 4.78 is 0. The van der Waals surface area contributed by atoms with Crippen LogP contribution in [-0.4, -0.2) is 0 Å². The third kappa shape index (κ3) is 4.03. The molecule has 0 N–H and O–H groups in total. The largest absolute Gasteiger partial charge is 0.0985 e. The molecule has 0 aliphatic rings. The molecule has 3 rings (SSSR count). The lowest BCUT2D eigenvalue weighted by molar-refractivity contribution is 1.41. The zero-order valence-corrected chi connectivity index (χ0v) is 16.3. The third-order valence-electron chi connectivity index (χ3n) is 4.38. The molecule has 0 amide bonds. The Bertz CT molecular complexity index is 869. The number of benzene rings is 3. The average molecular weight is 341 g/mol. The maximum atomic E-state index is 4.02. The first-order valence-corrected chi connectivity index (χ1v) is 9.29. The minimum atomic E-state index is 1.17.